The van der Waals surface area contributed by atoms with Gasteiger partial charge in [-0.05, 0) is 29.1 Å². The average molecular weight is 494 g/mol. The molecular formula is C16H23IN4O2S2. The highest BCUT2D eigenvalue weighted by Gasteiger charge is 2.16. The zero-order valence-electron chi connectivity index (χ0n) is 14.4. The molecule has 1 aromatic heterocycles. The molecule has 0 aliphatic carbocycles. The van der Waals surface area contributed by atoms with E-state index in [2.05, 4.69) is 21.7 Å². The van der Waals surface area contributed by atoms with Crippen LogP contribution in [0.5, 0.6) is 0 Å². The number of sulfonamides is 1. The Morgan fingerprint density at radius 2 is 1.76 bits per heavy atom. The molecule has 138 valence electrons. The Bertz CT molecular complexity index is 773. The van der Waals surface area contributed by atoms with Crippen molar-refractivity contribution in [3.8, 4) is 0 Å². The Morgan fingerprint density at radius 1 is 1.12 bits per heavy atom. The van der Waals surface area contributed by atoms with Gasteiger partial charge in [0.05, 0.1) is 11.4 Å². The monoisotopic (exact) mass is 494 g/mol. The highest BCUT2D eigenvalue weighted by atomic mass is 127. The largest absolute Gasteiger partial charge is 0.352 e. The fourth-order valence-electron chi connectivity index (χ4n) is 1.98. The van der Waals surface area contributed by atoms with Crippen LogP contribution in [0.25, 0.3) is 0 Å². The molecule has 1 aromatic carbocycles. The second-order valence-electron chi connectivity index (χ2n) is 5.29. The van der Waals surface area contributed by atoms with Crippen LogP contribution >= 0.6 is 35.3 Å². The van der Waals surface area contributed by atoms with Crippen molar-refractivity contribution >= 4 is 51.3 Å². The van der Waals surface area contributed by atoms with E-state index in [1.165, 1.54) is 23.3 Å². The minimum atomic E-state index is -3.39. The molecule has 0 spiro atoms. The molecular weight excluding hydrogens is 471 g/mol. The summed E-state index contributed by atoms with van der Waals surface area (Å²) in [6.07, 6.45) is 0. The predicted molar refractivity (Wildman–Crippen MR) is 114 cm³/mol. The fourth-order valence-corrected chi connectivity index (χ4v) is 3.53. The summed E-state index contributed by atoms with van der Waals surface area (Å²) in [6.45, 7) is 1.28. The molecule has 9 heteroatoms. The summed E-state index contributed by atoms with van der Waals surface area (Å²) in [5.41, 5.74) is 0.978. The van der Waals surface area contributed by atoms with Gasteiger partial charge in [-0.25, -0.2) is 12.7 Å². The molecule has 6 nitrogen and oxygen atoms in total. The summed E-state index contributed by atoms with van der Waals surface area (Å²) in [7, 11) is 1.38. The third kappa shape index (κ3) is 6.24. The maximum Gasteiger partial charge on any atom is 0.242 e. The fraction of sp³-hybridized carbons (Fsp3) is 0.312. The van der Waals surface area contributed by atoms with Crippen molar-refractivity contribution in [2.45, 2.75) is 18.0 Å². The van der Waals surface area contributed by atoms with Gasteiger partial charge in [-0.2, -0.15) is 0 Å². The predicted octanol–water partition coefficient (Wildman–Crippen LogP) is 2.48. The number of halogens is 1. The quantitative estimate of drug-likeness (QED) is 0.368. The van der Waals surface area contributed by atoms with Crippen molar-refractivity contribution in [2.24, 2.45) is 4.99 Å². The van der Waals surface area contributed by atoms with Crippen LogP contribution in [0.3, 0.4) is 0 Å². The van der Waals surface area contributed by atoms with E-state index >= 15 is 0 Å². The molecule has 0 atom stereocenters. The first kappa shape index (κ1) is 21.9. The van der Waals surface area contributed by atoms with E-state index in [9.17, 15) is 8.42 Å². The Labute approximate surface area is 170 Å². The lowest BCUT2D eigenvalue weighted by atomic mass is 10.2. The van der Waals surface area contributed by atoms with Crippen LogP contribution in [-0.2, 0) is 23.1 Å². The minimum Gasteiger partial charge on any atom is -0.352 e. The summed E-state index contributed by atoms with van der Waals surface area (Å²) in [5, 5.41) is 8.49. The van der Waals surface area contributed by atoms with Crippen molar-refractivity contribution in [3.05, 3.63) is 52.2 Å². The van der Waals surface area contributed by atoms with Crippen LogP contribution in [0.4, 0.5) is 0 Å². The first-order chi connectivity index (χ1) is 11.4. The topological polar surface area (TPSA) is 73.8 Å². The maximum atomic E-state index is 12.0. The van der Waals surface area contributed by atoms with Crippen LogP contribution in [0, 0.1) is 0 Å². The Kier molecular flexibility index (Phi) is 8.83. The first-order valence-electron chi connectivity index (χ1n) is 7.42. The van der Waals surface area contributed by atoms with Gasteiger partial charge in [0.15, 0.2) is 5.96 Å². The highest BCUT2D eigenvalue weighted by Crippen LogP contribution is 2.14. The second-order valence-corrected chi connectivity index (χ2v) is 8.47. The van der Waals surface area contributed by atoms with Crippen LogP contribution < -0.4 is 10.6 Å². The molecule has 0 radical (unpaired) electrons. The lowest BCUT2D eigenvalue weighted by Gasteiger charge is -2.13. The van der Waals surface area contributed by atoms with Gasteiger partial charge < -0.3 is 10.6 Å². The zero-order valence-corrected chi connectivity index (χ0v) is 18.4. The molecule has 25 heavy (non-hydrogen) atoms. The standard InChI is InChI=1S/C16H22N4O2S2.HI/c1-17-16(19-12-14-5-4-10-23-14)18-11-13-6-8-15(9-7-13)24(21,22)20(2)3;/h4-10H,11-12H2,1-3H3,(H2,17,18,19);1H. The highest BCUT2D eigenvalue weighted by molar-refractivity contribution is 14.0. The van der Waals surface area contributed by atoms with Gasteiger partial charge in [0.2, 0.25) is 10.0 Å². The maximum absolute atomic E-state index is 12.0. The van der Waals surface area contributed by atoms with E-state index in [-0.39, 0.29) is 28.9 Å². The summed E-state index contributed by atoms with van der Waals surface area (Å²) < 4.78 is 25.3. The van der Waals surface area contributed by atoms with E-state index in [0.717, 1.165) is 12.1 Å². The number of hydrogen-bond acceptors (Lipinski definition) is 4. The molecule has 0 saturated carbocycles. The Morgan fingerprint density at radius 3 is 2.28 bits per heavy atom. The number of nitrogens with one attached hydrogen (secondary N) is 2. The van der Waals surface area contributed by atoms with Crippen LogP contribution in [-0.4, -0.2) is 39.8 Å². The van der Waals surface area contributed by atoms with Crippen molar-refractivity contribution in [3.63, 3.8) is 0 Å². The molecule has 0 bridgehead atoms. The van der Waals surface area contributed by atoms with E-state index in [1.807, 2.05) is 11.4 Å². The number of rotatable bonds is 6. The molecule has 0 aliphatic rings. The van der Waals surface area contributed by atoms with Gasteiger partial charge >= 0.3 is 0 Å². The van der Waals surface area contributed by atoms with E-state index in [0.29, 0.717) is 12.5 Å². The number of benzene rings is 1. The normalized spacial score (nSPS) is 11.9. The third-order valence-corrected chi connectivity index (χ3v) is 6.10. The molecule has 2 rings (SSSR count). The number of thiophene rings is 1. The molecule has 0 aliphatic heterocycles. The van der Waals surface area contributed by atoms with Crippen molar-refractivity contribution in [2.75, 3.05) is 21.1 Å². The number of hydrogen-bond donors (Lipinski definition) is 2. The Hall–Kier alpha value is -1.17. The van der Waals surface area contributed by atoms with Gasteiger partial charge in [-0.1, -0.05) is 18.2 Å². The number of aliphatic imine (C=N–C) groups is 1. The molecule has 0 saturated heterocycles. The van der Waals surface area contributed by atoms with Gasteiger partial charge in [-0.3, -0.25) is 4.99 Å². The van der Waals surface area contributed by atoms with E-state index in [4.69, 9.17) is 0 Å². The molecule has 0 unspecified atom stereocenters. The number of guanidine groups is 1. The van der Waals surface area contributed by atoms with Gasteiger partial charge in [0, 0.05) is 32.6 Å². The molecule has 2 aromatic rings. The van der Waals surface area contributed by atoms with Crippen molar-refractivity contribution in [1.82, 2.24) is 14.9 Å². The number of nitrogens with zero attached hydrogens (tertiary/aromatic N) is 2. The minimum absolute atomic E-state index is 0. The molecule has 0 fully saturated rings. The summed E-state index contributed by atoms with van der Waals surface area (Å²) in [4.78, 5) is 5.70. The summed E-state index contributed by atoms with van der Waals surface area (Å²) >= 11 is 1.69. The van der Waals surface area contributed by atoms with E-state index < -0.39 is 10.0 Å². The third-order valence-electron chi connectivity index (χ3n) is 3.40. The lowest BCUT2D eigenvalue weighted by molar-refractivity contribution is 0.520. The van der Waals surface area contributed by atoms with Gasteiger partial charge in [0.1, 0.15) is 0 Å². The van der Waals surface area contributed by atoms with Crippen LogP contribution in [0.15, 0.2) is 51.7 Å². The second kappa shape index (κ2) is 10.1. The molecule has 0 amide bonds. The van der Waals surface area contributed by atoms with E-state index in [1.54, 1.807) is 42.6 Å². The van der Waals surface area contributed by atoms with Gasteiger partial charge in [-0.15, -0.1) is 35.3 Å². The lowest BCUT2D eigenvalue weighted by Crippen LogP contribution is -2.36. The van der Waals surface area contributed by atoms with Crippen molar-refractivity contribution in [1.29, 1.82) is 0 Å². The van der Waals surface area contributed by atoms with Crippen LogP contribution in [0.1, 0.15) is 10.4 Å². The van der Waals surface area contributed by atoms with Crippen LogP contribution in [0.2, 0.25) is 0 Å². The van der Waals surface area contributed by atoms with Crippen molar-refractivity contribution < 1.29 is 8.42 Å². The smallest absolute Gasteiger partial charge is 0.242 e. The Balaban J connectivity index is 0.00000312. The van der Waals surface area contributed by atoms with Gasteiger partial charge in [0.25, 0.3) is 0 Å². The zero-order chi connectivity index (χ0) is 17.6. The molecule has 2 N–H and O–H groups in total. The summed E-state index contributed by atoms with van der Waals surface area (Å²) in [5.74, 6) is 0.702. The molecule has 1 heterocycles. The summed E-state index contributed by atoms with van der Waals surface area (Å²) in [6, 6.07) is 10.9. The first-order valence-corrected chi connectivity index (χ1v) is 9.74. The SMILES string of the molecule is CN=C(NCc1ccc(S(=O)(=O)N(C)C)cc1)NCc1cccs1.I. The average Bonchev–Trinajstić information content (AvgIpc) is 3.08.